The second kappa shape index (κ2) is 11.1. The lowest BCUT2D eigenvalue weighted by Crippen LogP contribution is -1.95. The summed E-state index contributed by atoms with van der Waals surface area (Å²) in [4.78, 5) is 0. The Bertz CT molecular complexity index is 1340. The first kappa shape index (κ1) is 23.6. The third-order valence-electron chi connectivity index (χ3n) is 6.08. The van der Waals surface area contributed by atoms with Crippen molar-refractivity contribution >= 4 is 10.8 Å². The van der Waals surface area contributed by atoms with Crippen LogP contribution in [0, 0.1) is 29.3 Å². The van der Waals surface area contributed by atoms with Gasteiger partial charge >= 0.3 is 0 Å². The van der Waals surface area contributed by atoms with Gasteiger partial charge < -0.3 is 0 Å². The maximum Gasteiger partial charge on any atom is 0.166 e. The van der Waals surface area contributed by atoms with Crippen LogP contribution in [0.2, 0.25) is 0 Å². The maximum absolute atomic E-state index is 14.6. The van der Waals surface area contributed by atoms with Crippen molar-refractivity contribution < 1.29 is 13.2 Å². The van der Waals surface area contributed by atoms with Gasteiger partial charge in [-0.15, -0.1) is 0 Å². The quantitative estimate of drug-likeness (QED) is 0.194. The molecule has 0 unspecified atom stereocenters. The molecule has 4 aromatic carbocycles. The van der Waals surface area contributed by atoms with Crippen molar-refractivity contribution in [2.24, 2.45) is 0 Å². The van der Waals surface area contributed by atoms with Crippen molar-refractivity contribution in [1.29, 1.82) is 0 Å². The SMILES string of the molecule is CCCCCc1ccc(CCc2ccc(C#Cc3ccc4c(F)c(F)ccc4c3)c(F)c2)cc1. The predicted octanol–water partition coefficient (Wildman–Crippen LogP) is 8.17. The summed E-state index contributed by atoms with van der Waals surface area (Å²) in [6, 6.07) is 21.3. The van der Waals surface area contributed by atoms with Gasteiger partial charge in [0.05, 0.1) is 5.56 Å². The summed E-state index contributed by atoms with van der Waals surface area (Å²) in [7, 11) is 0. The summed E-state index contributed by atoms with van der Waals surface area (Å²) in [5, 5.41) is 0.753. The highest BCUT2D eigenvalue weighted by atomic mass is 19.2. The molecule has 172 valence electrons. The molecule has 34 heavy (non-hydrogen) atoms. The minimum atomic E-state index is -0.882. The number of hydrogen-bond donors (Lipinski definition) is 0. The average molecular weight is 457 g/mol. The molecule has 4 aromatic rings. The second-order valence-corrected chi connectivity index (χ2v) is 8.64. The van der Waals surface area contributed by atoms with E-state index < -0.39 is 11.6 Å². The fourth-order valence-corrected chi connectivity index (χ4v) is 4.04. The second-order valence-electron chi connectivity index (χ2n) is 8.64. The number of aryl methyl sites for hydroxylation is 3. The fraction of sp³-hybridized carbons (Fsp3) is 0.226. The molecule has 0 aliphatic carbocycles. The molecule has 0 bridgehead atoms. The van der Waals surface area contributed by atoms with Gasteiger partial charge in [-0.2, -0.15) is 0 Å². The molecule has 0 N–H and O–H groups in total. The monoisotopic (exact) mass is 456 g/mol. The molecule has 0 aliphatic heterocycles. The predicted molar refractivity (Wildman–Crippen MR) is 133 cm³/mol. The van der Waals surface area contributed by atoms with E-state index in [1.54, 1.807) is 24.3 Å². The summed E-state index contributed by atoms with van der Waals surface area (Å²) in [6.45, 7) is 2.21. The first-order valence-corrected chi connectivity index (χ1v) is 11.8. The first-order chi connectivity index (χ1) is 16.5. The molecule has 0 amide bonds. The van der Waals surface area contributed by atoms with Crippen LogP contribution in [0.4, 0.5) is 13.2 Å². The molecule has 0 radical (unpaired) electrons. The van der Waals surface area contributed by atoms with Crippen molar-refractivity contribution in [2.45, 2.75) is 45.4 Å². The lowest BCUT2D eigenvalue weighted by Gasteiger charge is -2.06. The third kappa shape index (κ3) is 5.88. The van der Waals surface area contributed by atoms with Gasteiger partial charge in [0, 0.05) is 10.9 Å². The minimum Gasteiger partial charge on any atom is -0.206 e. The van der Waals surface area contributed by atoms with Crippen LogP contribution in [0.3, 0.4) is 0 Å². The Labute approximate surface area is 199 Å². The Balaban J connectivity index is 1.40. The average Bonchev–Trinajstić information content (AvgIpc) is 2.85. The number of fused-ring (bicyclic) bond motifs is 1. The van der Waals surface area contributed by atoms with Crippen LogP contribution in [0.1, 0.15) is 54.0 Å². The molecule has 0 aliphatic rings. The van der Waals surface area contributed by atoms with Gasteiger partial charge in [0.1, 0.15) is 5.82 Å². The summed E-state index contributed by atoms with van der Waals surface area (Å²) < 4.78 is 41.9. The van der Waals surface area contributed by atoms with E-state index in [9.17, 15) is 13.2 Å². The van der Waals surface area contributed by atoms with Gasteiger partial charge in [0.15, 0.2) is 11.6 Å². The van der Waals surface area contributed by atoms with Crippen LogP contribution in [0.5, 0.6) is 0 Å². The van der Waals surface area contributed by atoms with Crippen LogP contribution in [0.15, 0.2) is 72.8 Å². The number of hydrogen-bond acceptors (Lipinski definition) is 0. The van der Waals surface area contributed by atoms with Gasteiger partial charge in [0.2, 0.25) is 0 Å². The molecule has 4 rings (SSSR count). The topological polar surface area (TPSA) is 0 Å². The zero-order valence-electron chi connectivity index (χ0n) is 19.3. The van der Waals surface area contributed by atoms with E-state index in [1.165, 1.54) is 42.5 Å². The number of benzene rings is 4. The smallest absolute Gasteiger partial charge is 0.166 e. The van der Waals surface area contributed by atoms with Gasteiger partial charge in [-0.05, 0) is 78.1 Å². The van der Waals surface area contributed by atoms with E-state index >= 15 is 0 Å². The Kier molecular flexibility index (Phi) is 7.70. The first-order valence-electron chi connectivity index (χ1n) is 11.8. The Morgan fingerprint density at radius 1 is 0.618 bits per heavy atom. The molecule has 0 saturated carbocycles. The molecule has 0 aromatic heterocycles. The molecule has 0 atom stereocenters. The summed E-state index contributed by atoms with van der Waals surface area (Å²) >= 11 is 0. The normalized spacial score (nSPS) is 10.8. The highest BCUT2D eigenvalue weighted by Gasteiger charge is 2.07. The minimum absolute atomic E-state index is 0.201. The number of rotatable bonds is 7. The molecule has 3 heteroatoms. The van der Waals surface area contributed by atoms with Gasteiger partial charge in [-0.25, -0.2) is 13.2 Å². The summed E-state index contributed by atoms with van der Waals surface area (Å²) in [6.07, 6.45) is 6.45. The van der Waals surface area contributed by atoms with Gasteiger partial charge in [-0.1, -0.05) is 74.1 Å². The van der Waals surface area contributed by atoms with Crippen LogP contribution < -0.4 is 0 Å². The van der Waals surface area contributed by atoms with E-state index in [0.717, 1.165) is 30.9 Å². The van der Waals surface area contributed by atoms with E-state index in [4.69, 9.17) is 0 Å². The van der Waals surface area contributed by atoms with E-state index in [-0.39, 0.29) is 11.2 Å². The van der Waals surface area contributed by atoms with Crippen molar-refractivity contribution in [2.75, 3.05) is 0 Å². The van der Waals surface area contributed by atoms with E-state index in [2.05, 4.69) is 43.0 Å². The standard InChI is InChI=1S/C31H27F3/c1-2-3-4-5-22-6-8-23(9-7-22)10-11-25-13-16-26(30(33)21-25)15-12-24-14-18-28-27(20-24)17-19-29(32)31(28)34/h6-9,13-14,16-21H,2-5,10-11H2,1H3. The number of halogens is 3. The largest absolute Gasteiger partial charge is 0.206 e. The van der Waals surface area contributed by atoms with Crippen molar-refractivity contribution in [3.63, 3.8) is 0 Å². The lowest BCUT2D eigenvalue weighted by atomic mass is 10.0. The summed E-state index contributed by atoms with van der Waals surface area (Å²) in [5.41, 5.74) is 4.47. The van der Waals surface area contributed by atoms with Crippen molar-refractivity contribution in [1.82, 2.24) is 0 Å². The molecule has 0 fully saturated rings. The number of unbranched alkanes of at least 4 members (excludes halogenated alkanes) is 2. The molecule has 0 nitrogen and oxygen atoms in total. The Hall–Kier alpha value is -3.51. The molecule has 0 saturated heterocycles. The zero-order chi connectivity index (χ0) is 23.9. The van der Waals surface area contributed by atoms with Gasteiger partial charge in [-0.3, -0.25) is 0 Å². The third-order valence-corrected chi connectivity index (χ3v) is 6.08. The zero-order valence-corrected chi connectivity index (χ0v) is 19.3. The lowest BCUT2D eigenvalue weighted by molar-refractivity contribution is 0.517. The van der Waals surface area contributed by atoms with Crippen molar-refractivity contribution in [3.8, 4) is 11.8 Å². The fourth-order valence-electron chi connectivity index (χ4n) is 4.04. The van der Waals surface area contributed by atoms with Crippen molar-refractivity contribution in [3.05, 3.63) is 118 Å². The van der Waals surface area contributed by atoms with E-state index in [0.29, 0.717) is 16.5 Å². The van der Waals surface area contributed by atoms with E-state index in [1.807, 2.05) is 6.07 Å². The molecule has 0 heterocycles. The maximum atomic E-state index is 14.6. The molecular formula is C31H27F3. The Morgan fingerprint density at radius 2 is 1.32 bits per heavy atom. The van der Waals surface area contributed by atoms with Crippen LogP contribution in [-0.2, 0) is 19.3 Å². The molecular weight excluding hydrogens is 429 g/mol. The summed E-state index contributed by atoms with van der Waals surface area (Å²) in [5.74, 6) is 3.67. The highest BCUT2D eigenvalue weighted by molar-refractivity contribution is 5.84. The van der Waals surface area contributed by atoms with Gasteiger partial charge in [0.25, 0.3) is 0 Å². The van der Waals surface area contributed by atoms with Crippen LogP contribution >= 0.6 is 0 Å². The van der Waals surface area contributed by atoms with Crippen LogP contribution in [0.25, 0.3) is 10.8 Å². The Morgan fingerprint density at radius 3 is 2.06 bits per heavy atom. The van der Waals surface area contributed by atoms with Crippen LogP contribution in [-0.4, -0.2) is 0 Å². The highest BCUT2D eigenvalue weighted by Crippen LogP contribution is 2.21. The molecule has 0 spiro atoms.